The minimum Gasteiger partial charge on any atom is -0.497 e. The number of ether oxygens (including phenoxy) is 2. The van der Waals surface area contributed by atoms with Crippen molar-refractivity contribution in [2.24, 2.45) is 5.10 Å². The zero-order valence-corrected chi connectivity index (χ0v) is 20.1. The molecule has 0 atom stereocenters. The molecule has 0 spiro atoms. The second-order valence-corrected chi connectivity index (χ2v) is 7.67. The van der Waals surface area contributed by atoms with E-state index in [-0.39, 0.29) is 5.70 Å². The second-order valence-electron chi connectivity index (χ2n) is 7.67. The van der Waals surface area contributed by atoms with Gasteiger partial charge in [-0.1, -0.05) is 30.3 Å². The number of nitrogens with one attached hydrogen (secondary N) is 2. The summed E-state index contributed by atoms with van der Waals surface area (Å²) in [6.07, 6.45) is 3.04. The molecule has 2 N–H and O–H groups in total. The highest BCUT2D eigenvalue weighted by atomic mass is 16.5. The number of methoxy groups -OCH3 is 2. The molecule has 0 heterocycles. The fourth-order valence-corrected chi connectivity index (χ4v) is 3.14. The maximum Gasteiger partial charge on any atom is 0.287 e. The molecule has 2 amide bonds. The van der Waals surface area contributed by atoms with Crippen LogP contribution in [0.5, 0.6) is 11.5 Å². The third-order valence-electron chi connectivity index (χ3n) is 5.06. The van der Waals surface area contributed by atoms with Crippen molar-refractivity contribution in [2.75, 3.05) is 33.2 Å². The molecule has 0 aliphatic carbocycles. The summed E-state index contributed by atoms with van der Waals surface area (Å²) in [4.78, 5) is 27.7. The first kappa shape index (κ1) is 25.0. The van der Waals surface area contributed by atoms with Gasteiger partial charge in [0.2, 0.25) is 0 Å². The van der Waals surface area contributed by atoms with Crippen LogP contribution in [-0.4, -0.2) is 46.3 Å². The summed E-state index contributed by atoms with van der Waals surface area (Å²) in [5.41, 5.74) is 5.32. The average Bonchev–Trinajstić information content (AvgIpc) is 2.88. The molecule has 3 aromatic rings. The molecule has 0 aliphatic heterocycles. The first-order valence-electron chi connectivity index (χ1n) is 10.8. The zero-order chi connectivity index (χ0) is 25.2. The van der Waals surface area contributed by atoms with E-state index in [1.165, 1.54) is 6.21 Å². The third-order valence-corrected chi connectivity index (χ3v) is 5.06. The van der Waals surface area contributed by atoms with Gasteiger partial charge in [-0.05, 0) is 54.1 Å². The summed E-state index contributed by atoms with van der Waals surface area (Å²) in [6, 6.07) is 21.5. The lowest BCUT2D eigenvalue weighted by Crippen LogP contribution is -2.32. The van der Waals surface area contributed by atoms with Gasteiger partial charge in [-0.15, -0.1) is 0 Å². The number of hydrazone groups is 1. The first-order chi connectivity index (χ1) is 16.9. The molecule has 0 bridgehead atoms. The summed E-state index contributed by atoms with van der Waals surface area (Å²) < 4.78 is 10.6. The molecular formula is C27H28N4O4. The lowest BCUT2D eigenvalue weighted by molar-refractivity contribution is -0.117. The Morgan fingerprint density at radius 2 is 1.63 bits per heavy atom. The van der Waals surface area contributed by atoms with Crippen molar-refractivity contribution in [3.63, 3.8) is 0 Å². The van der Waals surface area contributed by atoms with Crippen molar-refractivity contribution in [3.8, 4) is 11.5 Å². The Hall–Kier alpha value is -4.59. The highest BCUT2D eigenvalue weighted by molar-refractivity contribution is 6.05. The number of hydrogen-bond acceptors (Lipinski definition) is 6. The van der Waals surface area contributed by atoms with Crippen LogP contribution in [0.3, 0.4) is 0 Å². The molecule has 0 fully saturated rings. The predicted octanol–water partition coefficient (Wildman–Crippen LogP) is 3.69. The normalized spacial score (nSPS) is 11.1. The van der Waals surface area contributed by atoms with Crippen LogP contribution in [0.4, 0.5) is 5.69 Å². The van der Waals surface area contributed by atoms with Gasteiger partial charge < -0.3 is 19.7 Å². The third kappa shape index (κ3) is 6.94. The lowest BCUT2D eigenvalue weighted by Gasteiger charge is -2.13. The van der Waals surface area contributed by atoms with E-state index in [1.807, 2.05) is 49.3 Å². The zero-order valence-electron chi connectivity index (χ0n) is 20.1. The minimum atomic E-state index is -0.580. The molecule has 180 valence electrons. The monoisotopic (exact) mass is 472 g/mol. The second kappa shape index (κ2) is 12.0. The Labute approximate surface area is 204 Å². The fraction of sp³-hybridized carbons (Fsp3) is 0.148. The van der Waals surface area contributed by atoms with Crippen molar-refractivity contribution in [1.29, 1.82) is 0 Å². The topological polar surface area (TPSA) is 92.3 Å². The Bertz CT molecular complexity index is 1220. The Balaban J connectivity index is 1.84. The number of amides is 2. The van der Waals surface area contributed by atoms with E-state index in [0.717, 1.165) is 11.3 Å². The molecule has 3 rings (SSSR count). The summed E-state index contributed by atoms with van der Waals surface area (Å²) in [7, 11) is 6.99. The van der Waals surface area contributed by atoms with Gasteiger partial charge in [0.25, 0.3) is 11.8 Å². The van der Waals surface area contributed by atoms with Gasteiger partial charge in [-0.3, -0.25) is 9.59 Å². The van der Waals surface area contributed by atoms with Crippen molar-refractivity contribution >= 4 is 29.8 Å². The van der Waals surface area contributed by atoms with Crippen LogP contribution >= 0.6 is 0 Å². The maximum absolute atomic E-state index is 13.0. The SMILES string of the molecule is COc1ccc(OC)c(C=NNC(=O)C(=Cc2ccc(N(C)C)cc2)NC(=O)c2ccccc2)c1. The molecule has 8 heteroatoms. The van der Waals surface area contributed by atoms with E-state index in [2.05, 4.69) is 15.8 Å². The number of nitrogens with zero attached hydrogens (tertiary/aromatic N) is 2. The van der Waals surface area contributed by atoms with Crippen LogP contribution < -0.4 is 25.1 Å². The Morgan fingerprint density at radius 3 is 2.26 bits per heavy atom. The molecule has 0 unspecified atom stereocenters. The number of hydrogen-bond donors (Lipinski definition) is 2. The number of anilines is 1. The number of rotatable bonds is 9. The Morgan fingerprint density at radius 1 is 0.914 bits per heavy atom. The van der Waals surface area contributed by atoms with Gasteiger partial charge in [0.15, 0.2) is 0 Å². The molecule has 0 saturated carbocycles. The number of benzene rings is 3. The van der Waals surface area contributed by atoms with Crippen LogP contribution in [-0.2, 0) is 4.79 Å². The van der Waals surface area contributed by atoms with Gasteiger partial charge >= 0.3 is 0 Å². The molecule has 35 heavy (non-hydrogen) atoms. The van der Waals surface area contributed by atoms with Crippen LogP contribution in [0.25, 0.3) is 6.08 Å². The fourth-order valence-electron chi connectivity index (χ4n) is 3.14. The lowest BCUT2D eigenvalue weighted by atomic mass is 10.1. The molecule has 3 aromatic carbocycles. The van der Waals surface area contributed by atoms with E-state index in [1.54, 1.807) is 62.8 Å². The molecule has 0 aromatic heterocycles. The average molecular weight is 473 g/mol. The maximum atomic E-state index is 13.0. The summed E-state index contributed by atoms with van der Waals surface area (Å²) in [5, 5.41) is 6.74. The summed E-state index contributed by atoms with van der Waals surface area (Å²) in [5.74, 6) is 0.202. The van der Waals surface area contributed by atoms with E-state index in [4.69, 9.17) is 9.47 Å². The van der Waals surface area contributed by atoms with Crippen LogP contribution in [0, 0.1) is 0 Å². The van der Waals surface area contributed by atoms with Gasteiger partial charge in [-0.2, -0.15) is 5.10 Å². The van der Waals surface area contributed by atoms with Crippen molar-refractivity contribution in [2.45, 2.75) is 0 Å². The smallest absolute Gasteiger partial charge is 0.287 e. The molecule has 0 radical (unpaired) electrons. The quantitative estimate of drug-likeness (QED) is 0.282. The van der Waals surface area contributed by atoms with Gasteiger partial charge in [0.05, 0.1) is 20.4 Å². The van der Waals surface area contributed by atoms with Crippen LogP contribution in [0.1, 0.15) is 21.5 Å². The van der Waals surface area contributed by atoms with E-state index in [9.17, 15) is 9.59 Å². The molecule has 0 aliphatic rings. The minimum absolute atomic E-state index is 0.0474. The molecular weight excluding hydrogens is 444 g/mol. The summed E-state index contributed by atoms with van der Waals surface area (Å²) >= 11 is 0. The van der Waals surface area contributed by atoms with Crippen molar-refractivity contribution < 1.29 is 19.1 Å². The van der Waals surface area contributed by atoms with E-state index >= 15 is 0 Å². The first-order valence-corrected chi connectivity index (χ1v) is 10.8. The predicted molar refractivity (Wildman–Crippen MR) is 138 cm³/mol. The highest BCUT2D eigenvalue weighted by Gasteiger charge is 2.14. The van der Waals surface area contributed by atoms with Gasteiger partial charge in [0.1, 0.15) is 17.2 Å². The number of carbonyl (C=O) groups excluding carboxylic acids is 2. The van der Waals surface area contributed by atoms with Crippen molar-refractivity contribution in [3.05, 3.63) is 95.2 Å². The van der Waals surface area contributed by atoms with Gasteiger partial charge in [0, 0.05) is 30.9 Å². The highest BCUT2D eigenvalue weighted by Crippen LogP contribution is 2.22. The number of carbonyl (C=O) groups is 2. The van der Waals surface area contributed by atoms with Crippen molar-refractivity contribution in [1.82, 2.24) is 10.7 Å². The van der Waals surface area contributed by atoms with E-state index < -0.39 is 11.8 Å². The van der Waals surface area contributed by atoms with Gasteiger partial charge in [-0.25, -0.2) is 5.43 Å². The van der Waals surface area contributed by atoms with Crippen LogP contribution in [0.15, 0.2) is 83.6 Å². The summed E-state index contributed by atoms with van der Waals surface area (Å²) in [6.45, 7) is 0. The van der Waals surface area contributed by atoms with Crippen LogP contribution in [0.2, 0.25) is 0 Å². The molecule has 8 nitrogen and oxygen atoms in total. The largest absolute Gasteiger partial charge is 0.497 e. The Kier molecular flexibility index (Phi) is 8.61. The standard InChI is InChI=1S/C27H28N4O4/c1-31(2)22-12-10-19(11-13-22)16-24(29-26(32)20-8-6-5-7-9-20)27(33)30-28-18-21-17-23(34-3)14-15-25(21)35-4/h5-18H,1-4H3,(H,29,32)(H,30,33). The molecule has 0 saturated heterocycles. The van der Waals surface area contributed by atoms with E-state index in [0.29, 0.717) is 22.6 Å².